The van der Waals surface area contributed by atoms with Gasteiger partial charge < -0.3 is 9.47 Å². The van der Waals surface area contributed by atoms with Crippen LogP contribution in [0, 0.1) is 0 Å². The fourth-order valence-electron chi connectivity index (χ4n) is 2.70. The quantitative estimate of drug-likeness (QED) is 0.830. The Hall–Kier alpha value is -2.49. The van der Waals surface area contributed by atoms with Gasteiger partial charge in [0, 0.05) is 5.69 Å². The van der Waals surface area contributed by atoms with Crippen molar-refractivity contribution in [1.29, 1.82) is 0 Å². The molecule has 4 heteroatoms. The molecule has 1 heterocycles. The van der Waals surface area contributed by atoms with Crippen LogP contribution >= 0.6 is 0 Å². The van der Waals surface area contributed by atoms with Crippen LogP contribution in [0.25, 0.3) is 0 Å². The first kappa shape index (κ1) is 15.4. The molecule has 1 amide bonds. The standard InChI is InChI=1S/C19H21NO3/c1-14(2)17-10-6-7-11-18(17)22-13-16-12-20(19(21)23-16)15-8-4-3-5-9-15/h3-11,14,16H,12-13H2,1-2H3. The van der Waals surface area contributed by atoms with E-state index in [-0.39, 0.29) is 12.2 Å². The number of benzene rings is 2. The summed E-state index contributed by atoms with van der Waals surface area (Å²) in [5.41, 5.74) is 2.01. The van der Waals surface area contributed by atoms with E-state index in [9.17, 15) is 4.79 Å². The minimum atomic E-state index is -0.318. The fraction of sp³-hybridized carbons (Fsp3) is 0.316. The lowest BCUT2D eigenvalue weighted by Crippen LogP contribution is -2.26. The summed E-state index contributed by atoms with van der Waals surface area (Å²) >= 11 is 0. The van der Waals surface area contributed by atoms with E-state index >= 15 is 0 Å². The summed E-state index contributed by atoms with van der Waals surface area (Å²) in [5, 5.41) is 0. The Morgan fingerprint density at radius 1 is 1.13 bits per heavy atom. The summed E-state index contributed by atoms with van der Waals surface area (Å²) in [6.45, 7) is 5.13. The van der Waals surface area contributed by atoms with E-state index < -0.39 is 0 Å². The highest BCUT2D eigenvalue weighted by Crippen LogP contribution is 2.27. The van der Waals surface area contributed by atoms with Crippen LogP contribution in [0.15, 0.2) is 54.6 Å². The Labute approximate surface area is 136 Å². The number of carbonyl (C=O) groups excluding carboxylic acids is 1. The molecule has 1 fully saturated rings. The number of hydrogen-bond donors (Lipinski definition) is 0. The summed E-state index contributed by atoms with van der Waals surface area (Å²) in [6, 6.07) is 17.5. The molecule has 2 aromatic rings. The summed E-state index contributed by atoms with van der Waals surface area (Å²) in [5.74, 6) is 1.25. The minimum absolute atomic E-state index is 0.261. The maximum atomic E-state index is 12.0. The molecule has 0 saturated carbocycles. The summed E-state index contributed by atoms with van der Waals surface area (Å²) in [7, 11) is 0. The van der Waals surface area contributed by atoms with Gasteiger partial charge in [-0.2, -0.15) is 0 Å². The number of rotatable bonds is 5. The SMILES string of the molecule is CC(C)c1ccccc1OCC1CN(c2ccccc2)C(=O)O1. The molecule has 1 saturated heterocycles. The molecule has 23 heavy (non-hydrogen) atoms. The van der Waals surface area contributed by atoms with E-state index in [0.29, 0.717) is 19.1 Å². The third kappa shape index (κ3) is 3.47. The van der Waals surface area contributed by atoms with Gasteiger partial charge in [-0.05, 0) is 29.7 Å². The number of hydrogen-bond acceptors (Lipinski definition) is 3. The van der Waals surface area contributed by atoms with Crippen molar-refractivity contribution in [1.82, 2.24) is 0 Å². The molecule has 2 aromatic carbocycles. The summed E-state index contributed by atoms with van der Waals surface area (Å²) < 4.78 is 11.3. The Kier molecular flexibility index (Phi) is 4.51. The van der Waals surface area contributed by atoms with Crippen molar-refractivity contribution >= 4 is 11.8 Å². The van der Waals surface area contributed by atoms with Gasteiger partial charge in [-0.25, -0.2) is 4.79 Å². The third-order valence-electron chi connectivity index (χ3n) is 3.91. The third-order valence-corrected chi connectivity index (χ3v) is 3.91. The van der Waals surface area contributed by atoms with Crippen LogP contribution in [0.5, 0.6) is 5.75 Å². The number of anilines is 1. The van der Waals surface area contributed by atoms with Crippen LogP contribution in [-0.4, -0.2) is 25.3 Å². The van der Waals surface area contributed by atoms with Gasteiger partial charge in [0.25, 0.3) is 0 Å². The van der Waals surface area contributed by atoms with Crippen LogP contribution < -0.4 is 9.64 Å². The van der Waals surface area contributed by atoms with Crippen molar-refractivity contribution in [3.63, 3.8) is 0 Å². The zero-order valence-corrected chi connectivity index (χ0v) is 13.4. The molecule has 0 radical (unpaired) electrons. The van der Waals surface area contributed by atoms with Crippen molar-refractivity contribution in [2.45, 2.75) is 25.9 Å². The molecular weight excluding hydrogens is 290 g/mol. The number of cyclic esters (lactones) is 1. The van der Waals surface area contributed by atoms with E-state index in [1.165, 1.54) is 0 Å². The zero-order chi connectivity index (χ0) is 16.2. The molecule has 1 aliphatic rings. The van der Waals surface area contributed by atoms with Crippen molar-refractivity contribution in [2.24, 2.45) is 0 Å². The Bertz CT molecular complexity index is 669. The molecule has 0 spiro atoms. The maximum absolute atomic E-state index is 12.0. The predicted molar refractivity (Wildman–Crippen MR) is 90.1 cm³/mol. The molecule has 0 bridgehead atoms. The second-order valence-electron chi connectivity index (χ2n) is 5.96. The second kappa shape index (κ2) is 6.73. The van der Waals surface area contributed by atoms with Crippen molar-refractivity contribution in [2.75, 3.05) is 18.1 Å². The lowest BCUT2D eigenvalue weighted by Gasteiger charge is -2.16. The number of para-hydroxylation sites is 2. The maximum Gasteiger partial charge on any atom is 0.414 e. The van der Waals surface area contributed by atoms with E-state index in [1.807, 2.05) is 48.5 Å². The molecule has 3 rings (SSSR count). The van der Waals surface area contributed by atoms with Crippen LogP contribution in [0.1, 0.15) is 25.3 Å². The Morgan fingerprint density at radius 2 is 1.83 bits per heavy atom. The summed E-state index contributed by atoms with van der Waals surface area (Å²) in [6.07, 6.45) is -0.579. The molecule has 1 unspecified atom stereocenters. The molecule has 4 nitrogen and oxygen atoms in total. The van der Waals surface area contributed by atoms with Gasteiger partial charge in [0.1, 0.15) is 12.4 Å². The van der Waals surface area contributed by atoms with E-state index in [0.717, 1.165) is 17.0 Å². The van der Waals surface area contributed by atoms with Crippen LogP contribution in [0.3, 0.4) is 0 Å². The molecule has 1 atom stereocenters. The first-order chi connectivity index (χ1) is 11.1. The second-order valence-corrected chi connectivity index (χ2v) is 5.96. The normalized spacial score (nSPS) is 17.4. The number of carbonyl (C=O) groups is 1. The number of amides is 1. The van der Waals surface area contributed by atoms with Gasteiger partial charge in [0.15, 0.2) is 6.10 Å². The van der Waals surface area contributed by atoms with E-state index in [1.54, 1.807) is 4.90 Å². The van der Waals surface area contributed by atoms with Gasteiger partial charge in [0.2, 0.25) is 0 Å². The molecule has 120 valence electrons. The molecule has 0 aliphatic carbocycles. The first-order valence-corrected chi connectivity index (χ1v) is 7.90. The number of ether oxygens (including phenoxy) is 2. The topological polar surface area (TPSA) is 38.8 Å². The highest BCUT2D eigenvalue weighted by Gasteiger charge is 2.32. The van der Waals surface area contributed by atoms with Gasteiger partial charge in [0.05, 0.1) is 6.54 Å². The van der Waals surface area contributed by atoms with Crippen LogP contribution in [0.2, 0.25) is 0 Å². The average molecular weight is 311 g/mol. The van der Waals surface area contributed by atoms with Crippen molar-refractivity contribution < 1.29 is 14.3 Å². The van der Waals surface area contributed by atoms with Gasteiger partial charge in [-0.3, -0.25) is 4.90 Å². The van der Waals surface area contributed by atoms with Crippen molar-refractivity contribution in [3.8, 4) is 5.75 Å². The van der Waals surface area contributed by atoms with Crippen molar-refractivity contribution in [3.05, 3.63) is 60.2 Å². The molecule has 0 aromatic heterocycles. The predicted octanol–water partition coefficient (Wildman–Crippen LogP) is 4.21. The van der Waals surface area contributed by atoms with Gasteiger partial charge >= 0.3 is 6.09 Å². The highest BCUT2D eigenvalue weighted by molar-refractivity contribution is 5.89. The van der Waals surface area contributed by atoms with Gasteiger partial charge in [-0.15, -0.1) is 0 Å². The zero-order valence-electron chi connectivity index (χ0n) is 13.4. The molecule has 1 aliphatic heterocycles. The largest absolute Gasteiger partial charge is 0.489 e. The Morgan fingerprint density at radius 3 is 2.57 bits per heavy atom. The van der Waals surface area contributed by atoms with E-state index in [2.05, 4.69) is 19.9 Å². The lowest BCUT2D eigenvalue weighted by molar-refractivity contribution is 0.104. The number of nitrogens with zero attached hydrogens (tertiary/aromatic N) is 1. The fourth-order valence-corrected chi connectivity index (χ4v) is 2.70. The summed E-state index contributed by atoms with van der Waals surface area (Å²) in [4.78, 5) is 13.7. The first-order valence-electron chi connectivity index (χ1n) is 7.90. The minimum Gasteiger partial charge on any atom is -0.489 e. The molecule has 0 N–H and O–H groups in total. The lowest BCUT2D eigenvalue weighted by atomic mass is 10.0. The average Bonchev–Trinajstić information content (AvgIpc) is 2.95. The molecular formula is C19H21NO3. The van der Waals surface area contributed by atoms with Crippen LogP contribution in [0.4, 0.5) is 10.5 Å². The van der Waals surface area contributed by atoms with E-state index in [4.69, 9.17) is 9.47 Å². The van der Waals surface area contributed by atoms with Gasteiger partial charge in [-0.1, -0.05) is 50.2 Å². The highest BCUT2D eigenvalue weighted by atomic mass is 16.6. The smallest absolute Gasteiger partial charge is 0.414 e. The van der Waals surface area contributed by atoms with Crippen LogP contribution in [-0.2, 0) is 4.74 Å². The monoisotopic (exact) mass is 311 g/mol. The Balaban J connectivity index is 1.64.